The minimum Gasteiger partial charge on any atom is -0.462 e. The fourth-order valence-electron chi connectivity index (χ4n) is 10.4. The number of carbonyl (C=O) groups excluding carboxylic acids is 3. The first-order valence-corrected chi connectivity index (χ1v) is 35.4. The molecule has 81 heavy (non-hydrogen) atoms. The summed E-state index contributed by atoms with van der Waals surface area (Å²) in [5.41, 5.74) is 0. The molecule has 0 aromatic heterocycles. The largest absolute Gasteiger partial charge is 0.462 e. The number of carbonyl (C=O) groups is 3. The van der Waals surface area contributed by atoms with Crippen molar-refractivity contribution < 1.29 is 28.6 Å². The van der Waals surface area contributed by atoms with Crippen LogP contribution in [0.4, 0.5) is 0 Å². The SMILES string of the molecule is CC/C=C\C/C=C\C/C=C\C/C=C\CCCCCCCCCCCCCCCCC(=O)OCC(COC(=O)CCCCCCC/C=C\C/C=C\CCC)OC(=O)CCCCCCCCCCCCCCCCCCCCCCCCC. The van der Waals surface area contributed by atoms with Crippen molar-refractivity contribution in [1.29, 1.82) is 0 Å². The van der Waals surface area contributed by atoms with E-state index in [0.29, 0.717) is 19.3 Å². The highest BCUT2D eigenvalue weighted by molar-refractivity contribution is 5.71. The van der Waals surface area contributed by atoms with Gasteiger partial charge >= 0.3 is 17.9 Å². The number of allylic oxidation sites excluding steroid dienone is 12. The Balaban J connectivity index is 4.24. The summed E-state index contributed by atoms with van der Waals surface area (Å²) >= 11 is 0. The number of ether oxygens (including phenoxy) is 3. The third-order valence-electron chi connectivity index (χ3n) is 15.7. The van der Waals surface area contributed by atoms with Crippen LogP contribution in [-0.2, 0) is 28.6 Å². The van der Waals surface area contributed by atoms with Gasteiger partial charge in [-0.05, 0) is 83.5 Å². The van der Waals surface area contributed by atoms with Crippen LogP contribution >= 0.6 is 0 Å². The fraction of sp³-hybridized carbons (Fsp3) is 0.800. The van der Waals surface area contributed by atoms with Gasteiger partial charge in [-0.2, -0.15) is 0 Å². The molecule has 0 amide bonds. The summed E-state index contributed by atoms with van der Waals surface area (Å²) in [4.78, 5) is 38.4. The molecular formula is C75H134O6. The maximum atomic E-state index is 13.0. The maximum Gasteiger partial charge on any atom is 0.306 e. The van der Waals surface area contributed by atoms with E-state index in [1.54, 1.807) is 0 Å². The van der Waals surface area contributed by atoms with E-state index >= 15 is 0 Å². The first kappa shape index (κ1) is 77.9. The standard InChI is InChI=1S/C75H134O6/c1-4-7-10-13-16-19-22-25-27-29-31-33-35-36-37-38-40-41-43-45-47-50-53-56-59-62-65-68-74(77)80-71-72(70-79-73(76)67-64-61-58-55-52-49-24-21-18-15-12-9-6-3)81-75(78)69-66-63-60-57-54-51-48-46-44-42-39-34-32-30-28-26-23-20-17-14-11-8-5-2/h7,10,12,15-16,19,21,24-25,27,31,33,72H,4-6,8-9,11,13-14,17-18,20,22-23,26,28-30,32,34-71H2,1-3H3/b10-7-,15-12-,19-16-,24-21-,27-25-,33-31-. The molecule has 0 fully saturated rings. The fourth-order valence-corrected chi connectivity index (χ4v) is 10.4. The van der Waals surface area contributed by atoms with Crippen LogP contribution in [0.3, 0.4) is 0 Å². The van der Waals surface area contributed by atoms with Crippen molar-refractivity contribution in [2.24, 2.45) is 0 Å². The summed E-state index contributed by atoms with van der Waals surface area (Å²) in [7, 11) is 0. The molecular weight excluding hydrogens is 997 g/mol. The van der Waals surface area contributed by atoms with E-state index in [-0.39, 0.29) is 31.1 Å². The Morgan fingerprint density at radius 3 is 0.802 bits per heavy atom. The Kier molecular flexibility index (Phi) is 66.6. The molecule has 0 spiro atoms. The molecule has 0 aliphatic rings. The van der Waals surface area contributed by atoms with E-state index in [1.165, 1.54) is 218 Å². The van der Waals surface area contributed by atoms with E-state index in [9.17, 15) is 14.4 Å². The van der Waals surface area contributed by atoms with Crippen LogP contribution < -0.4 is 0 Å². The van der Waals surface area contributed by atoms with Crippen molar-refractivity contribution in [2.75, 3.05) is 13.2 Å². The first-order valence-electron chi connectivity index (χ1n) is 35.4. The smallest absolute Gasteiger partial charge is 0.306 e. The van der Waals surface area contributed by atoms with Crippen molar-refractivity contribution in [2.45, 2.75) is 374 Å². The second-order valence-corrected chi connectivity index (χ2v) is 23.8. The van der Waals surface area contributed by atoms with Gasteiger partial charge in [0.2, 0.25) is 0 Å². The average Bonchev–Trinajstić information content (AvgIpc) is 3.46. The van der Waals surface area contributed by atoms with Gasteiger partial charge in [0.1, 0.15) is 13.2 Å². The van der Waals surface area contributed by atoms with Crippen LogP contribution in [0, 0.1) is 0 Å². The molecule has 0 bridgehead atoms. The van der Waals surface area contributed by atoms with Gasteiger partial charge in [-0.1, -0.05) is 338 Å². The summed E-state index contributed by atoms with van der Waals surface area (Å²) in [6.45, 7) is 6.51. The lowest BCUT2D eigenvalue weighted by atomic mass is 10.0. The number of hydrogen-bond donors (Lipinski definition) is 0. The zero-order chi connectivity index (χ0) is 58.5. The Labute approximate surface area is 503 Å². The van der Waals surface area contributed by atoms with Gasteiger partial charge in [-0.15, -0.1) is 0 Å². The summed E-state index contributed by atoms with van der Waals surface area (Å²) in [5, 5.41) is 0. The van der Waals surface area contributed by atoms with E-state index < -0.39 is 6.10 Å². The average molecular weight is 1130 g/mol. The zero-order valence-electron chi connectivity index (χ0n) is 54.1. The second-order valence-electron chi connectivity index (χ2n) is 23.8. The van der Waals surface area contributed by atoms with E-state index in [0.717, 1.165) is 109 Å². The normalized spacial score (nSPS) is 12.5. The van der Waals surface area contributed by atoms with E-state index in [4.69, 9.17) is 14.2 Å². The molecule has 6 nitrogen and oxygen atoms in total. The van der Waals surface area contributed by atoms with Crippen molar-refractivity contribution >= 4 is 17.9 Å². The van der Waals surface area contributed by atoms with Gasteiger partial charge in [0.25, 0.3) is 0 Å². The Morgan fingerprint density at radius 2 is 0.506 bits per heavy atom. The summed E-state index contributed by atoms with van der Waals surface area (Å²) in [6, 6.07) is 0. The van der Waals surface area contributed by atoms with Gasteiger partial charge in [0, 0.05) is 19.3 Å². The van der Waals surface area contributed by atoms with Crippen LogP contribution in [0.25, 0.3) is 0 Å². The zero-order valence-corrected chi connectivity index (χ0v) is 54.1. The lowest BCUT2D eigenvalue weighted by Crippen LogP contribution is -2.30. The molecule has 0 aliphatic heterocycles. The summed E-state index contributed by atoms with van der Waals surface area (Å²) in [6.07, 6.45) is 90.8. The molecule has 0 aromatic carbocycles. The lowest BCUT2D eigenvalue weighted by molar-refractivity contribution is -0.167. The summed E-state index contributed by atoms with van der Waals surface area (Å²) in [5.74, 6) is -0.868. The van der Waals surface area contributed by atoms with E-state index in [2.05, 4.69) is 93.7 Å². The minimum atomic E-state index is -0.780. The van der Waals surface area contributed by atoms with Gasteiger partial charge in [0.05, 0.1) is 0 Å². The van der Waals surface area contributed by atoms with Crippen molar-refractivity contribution in [3.8, 4) is 0 Å². The molecule has 0 saturated heterocycles. The highest BCUT2D eigenvalue weighted by atomic mass is 16.6. The molecule has 0 aliphatic carbocycles. The van der Waals surface area contributed by atoms with Crippen LogP contribution in [0.1, 0.15) is 367 Å². The molecule has 1 unspecified atom stereocenters. The van der Waals surface area contributed by atoms with Crippen molar-refractivity contribution in [3.05, 3.63) is 72.9 Å². The number of unbranched alkanes of at least 4 members (excludes halogenated alkanes) is 42. The molecule has 470 valence electrons. The predicted octanol–water partition coefficient (Wildman–Crippen LogP) is 24.4. The number of rotatable bonds is 65. The van der Waals surface area contributed by atoms with Crippen molar-refractivity contribution in [1.82, 2.24) is 0 Å². The molecule has 0 radical (unpaired) electrons. The van der Waals surface area contributed by atoms with Gasteiger partial charge < -0.3 is 14.2 Å². The maximum absolute atomic E-state index is 13.0. The number of hydrogen-bond acceptors (Lipinski definition) is 6. The highest BCUT2D eigenvalue weighted by Crippen LogP contribution is 2.18. The first-order chi connectivity index (χ1) is 40.0. The molecule has 0 aromatic rings. The second kappa shape index (κ2) is 69.3. The molecule has 0 rings (SSSR count). The Hall–Kier alpha value is -3.15. The Morgan fingerprint density at radius 1 is 0.259 bits per heavy atom. The Bertz CT molecular complexity index is 1490. The molecule has 0 heterocycles. The van der Waals surface area contributed by atoms with Crippen molar-refractivity contribution in [3.63, 3.8) is 0 Å². The van der Waals surface area contributed by atoms with Gasteiger partial charge in [-0.25, -0.2) is 0 Å². The molecule has 0 saturated carbocycles. The molecule has 0 N–H and O–H groups in total. The van der Waals surface area contributed by atoms with Crippen LogP contribution in [0.2, 0.25) is 0 Å². The quantitative estimate of drug-likeness (QED) is 0.0261. The molecule has 1 atom stereocenters. The third-order valence-corrected chi connectivity index (χ3v) is 15.7. The van der Waals surface area contributed by atoms with Gasteiger partial charge in [0.15, 0.2) is 6.10 Å². The van der Waals surface area contributed by atoms with E-state index in [1.807, 2.05) is 0 Å². The van der Waals surface area contributed by atoms with Crippen LogP contribution in [-0.4, -0.2) is 37.2 Å². The number of esters is 3. The van der Waals surface area contributed by atoms with Crippen LogP contribution in [0.5, 0.6) is 0 Å². The monoisotopic (exact) mass is 1130 g/mol. The summed E-state index contributed by atoms with van der Waals surface area (Å²) < 4.78 is 17.0. The molecule has 6 heteroatoms. The lowest BCUT2D eigenvalue weighted by Gasteiger charge is -2.18. The van der Waals surface area contributed by atoms with Crippen LogP contribution in [0.15, 0.2) is 72.9 Å². The third kappa shape index (κ3) is 67.5. The minimum absolute atomic E-state index is 0.0760. The van der Waals surface area contributed by atoms with Gasteiger partial charge in [-0.3, -0.25) is 14.4 Å². The topological polar surface area (TPSA) is 78.9 Å². The highest BCUT2D eigenvalue weighted by Gasteiger charge is 2.19. The predicted molar refractivity (Wildman–Crippen MR) is 353 cm³/mol.